The topological polar surface area (TPSA) is 175 Å². The number of carbonyl (C=O) groups is 2. The van der Waals surface area contributed by atoms with Crippen LogP contribution in [0.1, 0.15) is 386 Å². The number of esters is 1. The van der Waals surface area contributed by atoms with Crippen LogP contribution < -0.4 is 5.32 Å². The Morgan fingerprint density at radius 2 is 0.741 bits per heavy atom. The van der Waals surface area contributed by atoms with Gasteiger partial charge in [-0.3, -0.25) is 9.59 Å². The molecular formula is C74H143NO10. The molecule has 1 amide bonds. The lowest BCUT2D eigenvalue weighted by molar-refractivity contribution is -0.302. The molecule has 11 heteroatoms. The molecule has 6 N–H and O–H groups in total. The van der Waals surface area contributed by atoms with Crippen molar-refractivity contribution in [2.24, 2.45) is 0 Å². The van der Waals surface area contributed by atoms with E-state index in [9.17, 15) is 35.1 Å². The number of amides is 1. The van der Waals surface area contributed by atoms with Gasteiger partial charge in [0.1, 0.15) is 24.4 Å². The first-order valence-electron chi connectivity index (χ1n) is 37.5. The molecule has 504 valence electrons. The van der Waals surface area contributed by atoms with Gasteiger partial charge in [-0.25, -0.2) is 0 Å². The van der Waals surface area contributed by atoms with Crippen LogP contribution in [0, 0.1) is 0 Å². The van der Waals surface area contributed by atoms with Gasteiger partial charge in [-0.05, 0) is 32.1 Å². The number of hydrogen-bond donors (Lipinski definition) is 6. The van der Waals surface area contributed by atoms with Gasteiger partial charge in [0.05, 0.1) is 32.0 Å². The molecule has 85 heavy (non-hydrogen) atoms. The van der Waals surface area contributed by atoms with Gasteiger partial charge in [0, 0.05) is 12.8 Å². The van der Waals surface area contributed by atoms with E-state index in [0.717, 1.165) is 51.4 Å². The molecule has 1 rings (SSSR count). The summed E-state index contributed by atoms with van der Waals surface area (Å²) in [6, 6.07) is -0.804. The van der Waals surface area contributed by atoms with Crippen LogP contribution in [0.25, 0.3) is 0 Å². The molecular weight excluding hydrogens is 1060 g/mol. The minimum absolute atomic E-state index is 0.0174. The van der Waals surface area contributed by atoms with E-state index in [0.29, 0.717) is 19.4 Å². The van der Waals surface area contributed by atoms with Gasteiger partial charge in [0.25, 0.3) is 0 Å². The summed E-state index contributed by atoms with van der Waals surface area (Å²) in [6.07, 6.45) is 69.6. The highest BCUT2D eigenvalue weighted by Crippen LogP contribution is 2.24. The van der Waals surface area contributed by atoms with Crippen LogP contribution in [0.3, 0.4) is 0 Å². The van der Waals surface area contributed by atoms with Crippen LogP contribution in [0.15, 0.2) is 12.2 Å². The Morgan fingerprint density at radius 1 is 0.424 bits per heavy atom. The van der Waals surface area contributed by atoms with Gasteiger partial charge in [0.2, 0.25) is 5.91 Å². The number of unbranched alkanes of at least 4 members (excludes halogenated alkanes) is 53. The molecule has 1 heterocycles. The molecule has 7 unspecified atom stereocenters. The third-order valence-corrected chi connectivity index (χ3v) is 18.2. The molecule has 0 bridgehead atoms. The van der Waals surface area contributed by atoms with E-state index in [1.54, 1.807) is 6.08 Å². The first-order valence-corrected chi connectivity index (χ1v) is 37.5. The Hall–Kier alpha value is -1.60. The standard InChI is InChI=1S/C74H143NO10/c1-3-5-7-9-11-13-15-42-46-50-54-58-62-70(79)83-63-59-55-51-47-43-40-38-36-34-32-30-28-26-24-22-20-18-16-17-19-21-23-25-27-29-31-33-35-37-39-41-45-49-53-57-61-69(78)75-66(65-84-74-73(82)72(81)71(80)68(64-76)85-74)67(77)60-56-52-48-44-14-12-10-8-6-4-2/h56,60,66-68,71-74,76-77,80-82H,3-55,57-59,61-65H2,1-2H3,(H,75,78)/b60-56+. The van der Waals surface area contributed by atoms with Gasteiger partial charge in [-0.15, -0.1) is 0 Å². The van der Waals surface area contributed by atoms with E-state index >= 15 is 0 Å². The van der Waals surface area contributed by atoms with Gasteiger partial charge in [0.15, 0.2) is 6.29 Å². The number of ether oxygens (including phenoxy) is 3. The Kier molecular flexibility index (Phi) is 61.2. The molecule has 0 saturated carbocycles. The van der Waals surface area contributed by atoms with Crippen LogP contribution in [-0.2, 0) is 23.8 Å². The largest absolute Gasteiger partial charge is 0.466 e. The van der Waals surface area contributed by atoms with Crippen molar-refractivity contribution in [3.63, 3.8) is 0 Å². The lowest BCUT2D eigenvalue weighted by atomic mass is 9.99. The van der Waals surface area contributed by atoms with Crippen molar-refractivity contribution < 1.29 is 49.3 Å². The van der Waals surface area contributed by atoms with Crippen LogP contribution >= 0.6 is 0 Å². The van der Waals surface area contributed by atoms with Crippen molar-refractivity contribution in [1.82, 2.24) is 5.32 Å². The first-order chi connectivity index (χ1) is 41.7. The molecule has 7 atom stereocenters. The van der Waals surface area contributed by atoms with Crippen LogP contribution in [-0.4, -0.2) is 100 Å². The summed E-state index contributed by atoms with van der Waals surface area (Å²) in [6.45, 7) is 4.38. The zero-order valence-corrected chi connectivity index (χ0v) is 56.1. The molecule has 0 aromatic heterocycles. The van der Waals surface area contributed by atoms with Crippen molar-refractivity contribution >= 4 is 11.9 Å². The van der Waals surface area contributed by atoms with Gasteiger partial charge < -0.3 is 45.1 Å². The summed E-state index contributed by atoms with van der Waals surface area (Å²) in [4.78, 5) is 25.1. The number of nitrogens with one attached hydrogen (secondary N) is 1. The summed E-state index contributed by atoms with van der Waals surface area (Å²) in [5.74, 6) is -0.158. The van der Waals surface area contributed by atoms with E-state index in [1.807, 2.05) is 6.08 Å². The number of carbonyl (C=O) groups excluding carboxylic acids is 2. The number of aliphatic hydroxyl groups is 5. The zero-order valence-electron chi connectivity index (χ0n) is 56.1. The molecule has 0 aliphatic carbocycles. The Bertz CT molecular complexity index is 1420. The normalized spacial score (nSPS) is 17.9. The number of rotatable bonds is 67. The predicted molar refractivity (Wildman–Crippen MR) is 357 cm³/mol. The Balaban J connectivity index is 1.88. The minimum atomic E-state index is -1.57. The van der Waals surface area contributed by atoms with Crippen molar-refractivity contribution in [2.75, 3.05) is 19.8 Å². The van der Waals surface area contributed by atoms with Gasteiger partial charge in [-0.2, -0.15) is 0 Å². The second-order valence-corrected chi connectivity index (χ2v) is 26.4. The Labute approximate surface area is 525 Å². The third-order valence-electron chi connectivity index (χ3n) is 18.2. The summed E-state index contributed by atoms with van der Waals surface area (Å²) < 4.78 is 16.7. The van der Waals surface area contributed by atoms with E-state index < -0.39 is 49.5 Å². The fourth-order valence-corrected chi connectivity index (χ4v) is 12.3. The quantitative estimate of drug-likeness (QED) is 0.0195. The van der Waals surface area contributed by atoms with Crippen LogP contribution in [0.4, 0.5) is 0 Å². The maximum atomic E-state index is 13.0. The van der Waals surface area contributed by atoms with Gasteiger partial charge >= 0.3 is 5.97 Å². The van der Waals surface area contributed by atoms with Crippen molar-refractivity contribution in [1.29, 1.82) is 0 Å². The number of aliphatic hydroxyl groups excluding tert-OH is 5. The summed E-state index contributed by atoms with van der Waals surface area (Å²) in [5, 5.41) is 54.4. The van der Waals surface area contributed by atoms with Crippen molar-refractivity contribution in [3.8, 4) is 0 Å². The fraction of sp³-hybridized carbons (Fsp3) is 0.946. The molecule has 1 fully saturated rings. The van der Waals surface area contributed by atoms with Gasteiger partial charge in [-0.1, -0.05) is 353 Å². The molecule has 1 aliphatic rings. The smallest absolute Gasteiger partial charge is 0.305 e. The molecule has 1 aliphatic heterocycles. The molecule has 0 spiro atoms. The molecule has 0 aromatic rings. The predicted octanol–water partition coefficient (Wildman–Crippen LogP) is 19.4. The molecule has 1 saturated heterocycles. The second-order valence-electron chi connectivity index (χ2n) is 26.4. The fourth-order valence-electron chi connectivity index (χ4n) is 12.3. The summed E-state index contributed by atoms with van der Waals surface area (Å²) in [5.41, 5.74) is 0. The number of allylic oxidation sites excluding steroid dienone is 1. The zero-order chi connectivity index (χ0) is 61.6. The molecule has 0 radical (unpaired) electrons. The lowest BCUT2D eigenvalue weighted by Crippen LogP contribution is -2.60. The average molecular weight is 1210 g/mol. The molecule has 0 aromatic carbocycles. The third kappa shape index (κ3) is 52.8. The maximum absolute atomic E-state index is 13.0. The highest BCUT2D eigenvalue weighted by Gasteiger charge is 2.44. The summed E-state index contributed by atoms with van der Waals surface area (Å²) >= 11 is 0. The van der Waals surface area contributed by atoms with E-state index in [4.69, 9.17) is 14.2 Å². The van der Waals surface area contributed by atoms with Crippen LogP contribution in [0.2, 0.25) is 0 Å². The summed E-state index contributed by atoms with van der Waals surface area (Å²) in [7, 11) is 0. The van der Waals surface area contributed by atoms with E-state index in [-0.39, 0.29) is 18.5 Å². The van der Waals surface area contributed by atoms with Crippen molar-refractivity contribution in [3.05, 3.63) is 12.2 Å². The number of hydrogen-bond acceptors (Lipinski definition) is 10. The minimum Gasteiger partial charge on any atom is -0.466 e. The van der Waals surface area contributed by atoms with E-state index in [2.05, 4.69) is 19.2 Å². The van der Waals surface area contributed by atoms with E-state index in [1.165, 1.54) is 308 Å². The highest BCUT2D eigenvalue weighted by molar-refractivity contribution is 5.76. The average Bonchev–Trinajstić information content (AvgIpc) is 3.31. The SMILES string of the molecule is CCCCCCCCCC/C=C/C(O)C(COC1OC(CO)C(O)C(O)C1O)NC(=O)CCCCCCCCCCCCCCCCCCCCCCCCCCCCCCCCCCCCCOC(=O)CCCCCCCCCCCCCC. The molecule has 11 nitrogen and oxygen atoms in total. The second kappa shape index (κ2) is 63.9. The van der Waals surface area contributed by atoms with Crippen LogP contribution in [0.5, 0.6) is 0 Å². The first kappa shape index (κ1) is 81.4. The maximum Gasteiger partial charge on any atom is 0.305 e. The monoisotopic (exact) mass is 1210 g/mol. The lowest BCUT2D eigenvalue weighted by Gasteiger charge is -2.40. The Morgan fingerprint density at radius 3 is 1.09 bits per heavy atom. The van der Waals surface area contributed by atoms with Crippen molar-refractivity contribution in [2.45, 2.75) is 429 Å². The highest BCUT2D eigenvalue weighted by atomic mass is 16.7.